The van der Waals surface area contributed by atoms with E-state index in [0.717, 1.165) is 0 Å². The average molecular weight is 358 g/mol. The van der Waals surface area contributed by atoms with Gasteiger partial charge in [0.05, 0.1) is 12.8 Å². The predicted molar refractivity (Wildman–Crippen MR) is 92.8 cm³/mol. The third kappa shape index (κ3) is 3.86. The number of hydrogen-bond acceptors (Lipinski definition) is 7. The minimum atomic E-state index is -0.569. The second kappa shape index (κ2) is 7.18. The van der Waals surface area contributed by atoms with Crippen molar-refractivity contribution in [3.05, 3.63) is 63.5 Å². The first-order valence-electron chi connectivity index (χ1n) is 7.24. The van der Waals surface area contributed by atoms with Crippen molar-refractivity contribution >= 4 is 28.3 Å². The minimum absolute atomic E-state index is 0.0172. The van der Waals surface area contributed by atoms with Crippen LogP contribution >= 0.6 is 11.3 Å². The summed E-state index contributed by atoms with van der Waals surface area (Å²) in [5, 5.41) is 11.3. The molecule has 0 amide bonds. The summed E-state index contributed by atoms with van der Waals surface area (Å²) in [5.41, 5.74) is 0.840. The fourth-order valence-corrected chi connectivity index (χ4v) is 2.86. The Balaban J connectivity index is 1.65. The molecule has 7 nitrogen and oxygen atoms in total. The largest absolute Gasteiger partial charge is 0.504 e. The van der Waals surface area contributed by atoms with Crippen LogP contribution in [0, 0.1) is 0 Å². The number of aromatic nitrogens is 2. The maximum absolute atomic E-state index is 11.8. The van der Waals surface area contributed by atoms with Gasteiger partial charge in [0, 0.05) is 23.7 Å². The van der Waals surface area contributed by atoms with Crippen LogP contribution in [0.3, 0.4) is 0 Å². The Bertz CT molecular complexity index is 1010. The molecule has 0 aliphatic rings. The van der Waals surface area contributed by atoms with Crippen molar-refractivity contribution < 1.29 is 19.4 Å². The van der Waals surface area contributed by atoms with E-state index in [1.807, 2.05) is 0 Å². The van der Waals surface area contributed by atoms with Gasteiger partial charge in [-0.1, -0.05) is 6.07 Å². The van der Waals surface area contributed by atoms with Crippen LogP contribution in [-0.2, 0) is 16.1 Å². The third-order valence-electron chi connectivity index (χ3n) is 3.33. The number of ether oxygens (including phenoxy) is 2. The molecule has 0 aliphatic carbocycles. The molecule has 0 aliphatic heterocycles. The lowest BCUT2D eigenvalue weighted by Gasteiger charge is -2.04. The number of fused-ring (bicyclic) bond motifs is 1. The molecule has 0 unspecified atom stereocenters. The number of nitrogens with zero attached hydrogens (tertiary/aromatic N) is 2. The molecule has 25 heavy (non-hydrogen) atoms. The number of methoxy groups -OCH3 is 1. The molecule has 2 aromatic heterocycles. The van der Waals surface area contributed by atoms with Gasteiger partial charge >= 0.3 is 5.97 Å². The molecule has 0 atom stereocenters. The molecule has 0 fully saturated rings. The van der Waals surface area contributed by atoms with Crippen molar-refractivity contribution in [3.8, 4) is 11.5 Å². The van der Waals surface area contributed by atoms with Gasteiger partial charge in [-0.3, -0.25) is 9.20 Å². The van der Waals surface area contributed by atoms with Crippen LogP contribution < -0.4 is 10.3 Å². The summed E-state index contributed by atoms with van der Waals surface area (Å²) in [6.45, 7) is -0.0916. The number of hydrogen-bond donors (Lipinski definition) is 1. The molecule has 128 valence electrons. The van der Waals surface area contributed by atoms with E-state index in [0.29, 0.717) is 22.0 Å². The van der Waals surface area contributed by atoms with Crippen molar-refractivity contribution in [1.82, 2.24) is 9.38 Å². The number of carbonyl (C=O) groups is 1. The van der Waals surface area contributed by atoms with Gasteiger partial charge in [-0.25, -0.2) is 9.78 Å². The number of thiazole rings is 1. The van der Waals surface area contributed by atoms with Crippen LogP contribution in [0.1, 0.15) is 11.3 Å². The number of esters is 1. The SMILES string of the molecule is COc1cc(/C=C/C(=O)OCc2cc(=O)n3ccsc3n2)ccc1O. The van der Waals surface area contributed by atoms with Gasteiger partial charge in [0.25, 0.3) is 5.56 Å². The summed E-state index contributed by atoms with van der Waals surface area (Å²) in [6, 6.07) is 6.03. The zero-order valence-electron chi connectivity index (χ0n) is 13.2. The Morgan fingerprint density at radius 3 is 3.04 bits per heavy atom. The highest BCUT2D eigenvalue weighted by molar-refractivity contribution is 7.15. The van der Waals surface area contributed by atoms with Gasteiger partial charge in [0.2, 0.25) is 0 Å². The standard InChI is InChI=1S/C17H14N2O5S/c1-23-14-8-11(2-4-13(14)20)3-5-16(22)24-10-12-9-15(21)19-6-7-25-17(19)18-12/h2-9,20H,10H2,1H3/b5-3+. The minimum Gasteiger partial charge on any atom is -0.504 e. The number of aromatic hydroxyl groups is 1. The molecule has 1 aromatic carbocycles. The summed E-state index contributed by atoms with van der Waals surface area (Å²) in [6.07, 6.45) is 4.43. The third-order valence-corrected chi connectivity index (χ3v) is 4.09. The topological polar surface area (TPSA) is 90.1 Å². The first kappa shape index (κ1) is 16.7. The predicted octanol–water partition coefficient (Wildman–Crippen LogP) is 2.23. The van der Waals surface area contributed by atoms with Gasteiger partial charge in [0.1, 0.15) is 6.61 Å². The second-order valence-corrected chi connectivity index (χ2v) is 5.89. The number of carbonyl (C=O) groups excluding carboxylic acids is 1. The van der Waals surface area contributed by atoms with Crippen molar-refractivity contribution in [3.63, 3.8) is 0 Å². The molecule has 0 saturated carbocycles. The van der Waals surface area contributed by atoms with Crippen LogP contribution in [0.15, 0.2) is 46.7 Å². The monoisotopic (exact) mass is 358 g/mol. The lowest BCUT2D eigenvalue weighted by molar-refractivity contribution is -0.139. The lowest BCUT2D eigenvalue weighted by atomic mass is 10.2. The van der Waals surface area contributed by atoms with Gasteiger partial charge in [0.15, 0.2) is 16.5 Å². The highest BCUT2D eigenvalue weighted by atomic mass is 32.1. The molecule has 0 spiro atoms. The fraction of sp³-hybridized carbons (Fsp3) is 0.118. The Hall–Kier alpha value is -3.13. The number of benzene rings is 1. The van der Waals surface area contributed by atoms with E-state index in [1.165, 1.54) is 47.1 Å². The Kier molecular flexibility index (Phi) is 4.80. The molecule has 8 heteroatoms. The first-order valence-corrected chi connectivity index (χ1v) is 8.12. The van der Waals surface area contributed by atoms with Gasteiger partial charge in [-0.2, -0.15) is 0 Å². The van der Waals surface area contributed by atoms with E-state index >= 15 is 0 Å². The summed E-state index contributed by atoms with van der Waals surface area (Å²) in [7, 11) is 1.44. The van der Waals surface area contributed by atoms with Crippen LogP contribution in [0.5, 0.6) is 11.5 Å². The van der Waals surface area contributed by atoms with Crippen LogP contribution in [0.4, 0.5) is 0 Å². The number of phenols is 1. The summed E-state index contributed by atoms with van der Waals surface area (Å²) in [4.78, 5) is 28.5. The van der Waals surface area contributed by atoms with E-state index < -0.39 is 5.97 Å². The van der Waals surface area contributed by atoms with E-state index in [9.17, 15) is 14.7 Å². The Morgan fingerprint density at radius 1 is 1.40 bits per heavy atom. The average Bonchev–Trinajstić information content (AvgIpc) is 3.08. The Morgan fingerprint density at radius 2 is 2.24 bits per heavy atom. The van der Waals surface area contributed by atoms with E-state index in [-0.39, 0.29) is 17.9 Å². The van der Waals surface area contributed by atoms with Crippen LogP contribution in [0.25, 0.3) is 11.0 Å². The normalized spacial score (nSPS) is 11.1. The molecular formula is C17H14N2O5S. The molecule has 2 heterocycles. The highest BCUT2D eigenvalue weighted by Crippen LogP contribution is 2.26. The molecule has 0 bridgehead atoms. The molecule has 0 saturated heterocycles. The zero-order chi connectivity index (χ0) is 17.8. The summed E-state index contributed by atoms with van der Waals surface area (Å²) >= 11 is 1.33. The maximum Gasteiger partial charge on any atom is 0.331 e. The quantitative estimate of drug-likeness (QED) is 0.556. The smallest absolute Gasteiger partial charge is 0.331 e. The van der Waals surface area contributed by atoms with Gasteiger partial charge < -0.3 is 14.6 Å². The van der Waals surface area contributed by atoms with Crippen LogP contribution in [0.2, 0.25) is 0 Å². The van der Waals surface area contributed by atoms with Gasteiger partial charge in [-0.05, 0) is 23.8 Å². The maximum atomic E-state index is 11.8. The van der Waals surface area contributed by atoms with Crippen LogP contribution in [-0.4, -0.2) is 27.6 Å². The van der Waals surface area contributed by atoms with Crippen molar-refractivity contribution in [2.24, 2.45) is 0 Å². The molecule has 3 aromatic rings. The molecule has 0 radical (unpaired) electrons. The van der Waals surface area contributed by atoms with Crippen molar-refractivity contribution in [2.45, 2.75) is 6.61 Å². The molecular weight excluding hydrogens is 344 g/mol. The number of phenolic OH excluding ortho intramolecular Hbond substituents is 1. The van der Waals surface area contributed by atoms with Gasteiger partial charge in [-0.15, -0.1) is 11.3 Å². The molecule has 3 rings (SSSR count). The summed E-state index contributed by atoms with van der Waals surface area (Å²) in [5.74, 6) is -0.242. The zero-order valence-corrected chi connectivity index (χ0v) is 14.0. The van der Waals surface area contributed by atoms with Crippen molar-refractivity contribution in [2.75, 3.05) is 7.11 Å². The highest BCUT2D eigenvalue weighted by Gasteiger charge is 2.06. The summed E-state index contributed by atoms with van der Waals surface area (Å²) < 4.78 is 11.5. The van der Waals surface area contributed by atoms with Crippen molar-refractivity contribution in [1.29, 1.82) is 0 Å². The fourth-order valence-electron chi connectivity index (χ4n) is 2.12. The Labute approximate surface area is 146 Å². The van der Waals surface area contributed by atoms with E-state index in [2.05, 4.69) is 4.98 Å². The lowest BCUT2D eigenvalue weighted by Crippen LogP contribution is -2.14. The van der Waals surface area contributed by atoms with E-state index in [1.54, 1.807) is 23.7 Å². The number of rotatable bonds is 5. The second-order valence-electron chi connectivity index (χ2n) is 5.01. The first-order chi connectivity index (χ1) is 12.1. The molecule has 1 N–H and O–H groups in total. The van der Waals surface area contributed by atoms with E-state index in [4.69, 9.17) is 9.47 Å².